The monoisotopic (exact) mass is 321 g/mol. The molecule has 5 nitrogen and oxygen atoms in total. The van der Waals surface area contributed by atoms with Gasteiger partial charge < -0.3 is 10.6 Å². The zero-order valence-corrected chi connectivity index (χ0v) is 11.8. The molecule has 0 saturated heterocycles. The highest BCUT2D eigenvalue weighted by atomic mass is 79.9. The Labute approximate surface area is 118 Å². The summed E-state index contributed by atoms with van der Waals surface area (Å²) in [6, 6.07) is 12.4. The Bertz CT molecular complexity index is 617. The fourth-order valence-corrected chi connectivity index (χ4v) is 2.04. The molecule has 0 atom stereocenters. The third-order valence-corrected chi connectivity index (χ3v) is 3.26. The number of nitrogens with one attached hydrogen (secondary N) is 2. The molecule has 0 aliphatic carbocycles. The third-order valence-electron chi connectivity index (χ3n) is 2.57. The molecule has 2 N–H and O–H groups in total. The minimum atomic E-state index is -0.411. The molecule has 2 aromatic carbocycles. The first-order valence-corrected chi connectivity index (χ1v) is 6.38. The molecule has 0 bridgehead atoms. The van der Waals surface area contributed by atoms with Gasteiger partial charge in [0.05, 0.1) is 10.6 Å². The Hall–Kier alpha value is -2.08. The van der Waals surface area contributed by atoms with Crippen LogP contribution in [-0.4, -0.2) is 12.0 Å². The van der Waals surface area contributed by atoms with Gasteiger partial charge in [0.1, 0.15) is 0 Å². The summed E-state index contributed by atoms with van der Waals surface area (Å²) in [5.74, 6) is 0. The number of para-hydroxylation sites is 1. The fraction of sp³-hybridized carbons (Fsp3) is 0.0769. The number of benzene rings is 2. The van der Waals surface area contributed by atoms with Gasteiger partial charge in [0.2, 0.25) is 0 Å². The quantitative estimate of drug-likeness (QED) is 0.656. The molecule has 6 heteroatoms. The normalized spacial score (nSPS) is 10.0. The maximum atomic E-state index is 10.9. The van der Waals surface area contributed by atoms with Crippen molar-refractivity contribution in [3.8, 4) is 0 Å². The van der Waals surface area contributed by atoms with E-state index in [9.17, 15) is 10.1 Å². The number of anilines is 3. The van der Waals surface area contributed by atoms with Gasteiger partial charge in [0.15, 0.2) is 0 Å². The number of rotatable bonds is 4. The van der Waals surface area contributed by atoms with E-state index in [1.54, 1.807) is 7.05 Å². The average molecular weight is 322 g/mol. The van der Waals surface area contributed by atoms with Crippen molar-refractivity contribution in [3.05, 3.63) is 57.1 Å². The molecule has 0 aliphatic heterocycles. The second-order valence-corrected chi connectivity index (χ2v) is 4.73. The molecule has 98 valence electrons. The van der Waals surface area contributed by atoms with Crippen LogP contribution in [0, 0.1) is 10.1 Å². The van der Waals surface area contributed by atoms with E-state index in [0.29, 0.717) is 11.4 Å². The highest BCUT2D eigenvalue weighted by molar-refractivity contribution is 9.10. The maximum absolute atomic E-state index is 10.9. The third kappa shape index (κ3) is 3.23. The van der Waals surface area contributed by atoms with Crippen LogP contribution in [-0.2, 0) is 0 Å². The van der Waals surface area contributed by atoms with Crippen molar-refractivity contribution in [1.82, 2.24) is 0 Å². The zero-order valence-electron chi connectivity index (χ0n) is 10.2. The van der Waals surface area contributed by atoms with Crippen molar-refractivity contribution in [2.75, 3.05) is 17.7 Å². The largest absolute Gasteiger partial charge is 0.388 e. The van der Waals surface area contributed by atoms with Gasteiger partial charge in [-0.2, -0.15) is 0 Å². The minimum Gasteiger partial charge on any atom is -0.388 e. The summed E-state index contributed by atoms with van der Waals surface area (Å²) in [5.41, 5.74) is 2.24. The van der Waals surface area contributed by atoms with E-state index in [1.807, 2.05) is 30.3 Å². The number of hydrogen-bond donors (Lipinski definition) is 2. The average Bonchev–Trinajstić information content (AvgIpc) is 2.41. The summed E-state index contributed by atoms with van der Waals surface area (Å²) in [7, 11) is 1.72. The SMILES string of the molecule is CNc1cc(Nc2ccccc2Br)cc([N+](=O)[O-])c1. The van der Waals surface area contributed by atoms with E-state index in [0.717, 1.165) is 10.2 Å². The molecule has 0 heterocycles. The lowest BCUT2D eigenvalue weighted by Crippen LogP contribution is -1.97. The van der Waals surface area contributed by atoms with E-state index in [-0.39, 0.29) is 5.69 Å². The number of non-ortho nitro benzene ring substituents is 1. The van der Waals surface area contributed by atoms with Crippen molar-refractivity contribution >= 4 is 38.7 Å². The van der Waals surface area contributed by atoms with Crippen LogP contribution < -0.4 is 10.6 Å². The first kappa shape index (κ1) is 13.4. The molecule has 0 amide bonds. The Kier molecular flexibility index (Phi) is 4.01. The fourth-order valence-electron chi connectivity index (χ4n) is 1.65. The molecule has 19 heavy (non-hydrogen) atoms. The molecule has 2 aromatic rings. The molecule has 0 fully saturated rings. The van der Waals surface area contributed by atoms with Gasteiger partial charge in [-0.05, 0) is 34.1 Å². The Morgan fingerprint density at radius 1 is 1.16 bits per heavy atom. The van der Waals surface area contributed by atoms with Gasteiger partial charge in [-0.15, -0.1) is 0 Å². The molecular formula is C13H12BrN3O2. The van der Waals surface area contributed by atoms with Gasteiger partial charge in [-0.1, -0.05) is 12.1 Å². The van der Waals surface area contributed by atoms with Crippen molar-refractivity contribution < 1.29 is 4.92 Å². The van der Waals surface area contributed by atoms with Gasteiger partial charge in [0.25, 0.3) is 5.69 Å². The van der Waals surface area contributed by atoms with Crippen LogP contribution in [0.25, 0.3) is 0 Å². The van der Waals surface area contributed by atoms with Crippen molar-refractivity contribution in [3.63, 3.8) is 0 Å². The summed E-state index contributed by atoms with van der Waals surface area (Å²) in [5, 5.41) is 16.9. The molecule has 0 spiro atoms. The zero-order chi connectivity index (χ0) is 13.8. The van der Waals surface area contributed by atoms with Crippen molar-refractivity contribution in [2.24, 2.45) is 0 Å². The van der Waals surface area contributed by atoms with E-state index in [1.165, 1.54) is 12.1 Å². The lowest BCUT2D eigenvalue weighted by atomic mass is 10.2. The molecule has 2 rings (SSSR count). The predicted octanol–water partition coefficient (Wildman–Crippen LogP) is 4.14. The van der Waals surface area contributed by atoms with Crippen molar-refractivity contribution in [1.29, 1.82) is 0 Å². The minimum absolute atomic E-state index is 0.0430. The Balaban J connectivity index is 2.37. The van der Waals surface area contributed by atoms with E-state index in [2.05, 4.69) is 26.6 Å². The maximum Gasteiger partial charge on any atom is 0.273 e. The Morgan fingerprint density at radius 2 is 1.84 bits per heavy atom. The number of nitro benzene ring substituents is 1. The van der Waals surface area contributed by atoms with Gasteiger partial charge in [-0.3, -0.25) is 10.1 Å². The Morgan fingerprint density at radius 3 is 2.47 bits per heavy atom. The van der Waals surface area contributed by atoms with E-state index in [4.69, 9.17) is 0 Å². The molecule has 0 saturated carbocycles. The first-order chi connectivity index (χ1) is 9.10. The van der Waals surface area contributed by atoms with Crippen LogP contribution >= 0.6 is 15.9 Å². The summed E-state index contributed by atoms with van der Waals surface area (Å²) in [4.78, 5) is 10.5. The number of hydrogen-bond acceptors (Lipinski definition) is 4. The molecule has 0 radical (unpaired) electrons. The molecule has 0 unspecified atom stereocenters. The van der Waals surface area contributed by atoms with Crippen molar-refractivity contribution in [2.45, 2.75) is 0 Å². The summed E-state index contributed by atoms with van der Waals surface area (Å²) >= 11 is 3.42. The van der Waals surface area contributed by atoms with E-state index >= 15 is 0 Å². The number of nitro groups is 1. The second kappa shape index (κ2) is 5.71. The summed E-state index contributed by atoms with van der Waals surface area (Å²) in [6.45, 7) is 0. The number of halogens is 1. The first-order valence-electron chi connectivity index (χ1n) is 5.59. The van der Waals surface area contributed by atoms with Gasteiger partial charge in [-0.25, -0.2) is 0 Å². The molecule has 0 aromatic heterocycles. The second-order valence-electron chi connectivity index (χ2n) is 3.88. The highest BCUT2D eigenvalue weighted by Gasteiger charge is 2.10. The number of nitrogens with zero attached hydrogens (tertiary/aromatic N) is 1. The smallest absolute Gasteiger partial charge is 0.273 e. The van der Waals surface area contributed by atoms with Crippen LogP contribution in [0.3, 0.4) is 0 Å². The topological polar surface area (TPSA) is 67.2 Å². The lowest BCUT2D eigenvalue weighted by Gasteiger charge is -2.10. The van der Waals surface area contributed by atoms with Crippen LogP contribution in [0.5, 0.6) is 0 Å². The lowest BCUT2D eigenvalue weighted by molar-refractivity contribution is -0.384. The van der Waals surface area contributed by atoms with Gasteiger partial charge >= 0.3 is 0 Å². The summed E-state index contributed by atoms with van der Waals surface area (Å²) in [6.07, 6.45) is 0. The van der Waals surface area contributed by atoms with Crippen LogP contribution in [0.2, 0.25) is 0 Å². The predicted molar refractivity (Wildman–Crippen MR) is 80.1 cm³/mol. The summed E-state index contributed by atoms with van der Waals surface area (Å²) < 4.78 is 0.896. The van der Waals surface area contributed by atoms with Gasteiger partial charge in [0, 0.05) is 35.0 Å². The molecule has 0 aliphatic rings. The van der Waals surface area contributed by atoms with E-state index < -0.39 is 4.92 Å². The van der Waals surface area contributed by atoms with Crippen LogP contribution in [0.1, 0.15) is 0 Å². The standard InChI is InChI=1S/C13H12BrN3O2/c1-15-9-6-10(8-11(7-9)17(18)19)16-13-5-3-2-4-12(13)14/h2-8,15-16H,1H3. The van der Waals surface area contributed by atoms with Crippen LogP contribution in [0.15, 0.2) is 46.9 Å². The molecular weight excluding hydrogens is 310 g/mol. The highest BCUT2D eigenvalue weighted by Crippen LogP contribution is 2.29. The van der Waals surface area contributed by atoms with Crippen LogP contribution in [0.4, 0.5) is 22.7 Å².